The van der Waals surface area contributed by atoms with Crippen molar-refractivity contribution in [2.75, 3.05) is 0 Å². The maximum Gasteiger partial charge on any atom is 0.169 e. The number of hydrogen-bond donors (Lipinski definition) is 1. The number of rotatable bonds is 6. The highest BCUT2D eigenvalue weighted by Crippen LogP contribution is 2.64. The minimum atomic E-state index is -0.464. The van der Waals surface area contributed by atoms with Gasteiger partial charge >= 0.3 is 0 Å². The van der Waals surface area contributed by atoms with Gasteiger partial charge in [0.25, 0.3) is 0 Å². The Morgan fingerprint density at radius 2 is 1.21 bits per heavy atom. The molecule has 9 aromatic carbocycles. The molecule has 340 valence electrons. The van der Waals surface area contributed by atoms with Crippen molar-refractivity contribution in [2.45, 2.75) is 43.2 Å². The molecule has 2 atom stereocenters. The SMILES string of the molecule is C1=CC(c2cccc3c2oc2cc(C4N=C(CCC5c6ccccc6-c6cc7c(cc65)-c5ccccc5C75c6ccccc6-c6ccccc65)NC(c5cccc6sc7ccccc7c56)=N4)ccc23)=CCC1. The van der Waals surface area contributed by atoms with Crippen molar-refractivity contribution in [3.63, 3.8) is 0 Å². The van der Waals surface area contributed by atoms with E-state index in [0.717, 1.165) is 76.0 Å². The Bertz CT molecular complexity index is 4250. The van der Waals surface area contributed by atoms with Crippen molar-refractivity contribution in [2.24, 2.45) is 9.98 Å². The maximum atomic E-state index is 6.82. The second kappa shape index (κ2) is 15.3. The van der Waals surface area contributed by atoms with Gasteiger partial charge in [-0.2, -0.15) is 0 Å². The van der Waals surface area contributed by atoms with Gasteiger partial charge in [0, 0.05) is 60.0 Å². The number of allylic oxidation sites excluding steroid dienone is 4. The predicted octanol–water partition coefficient (Wildman–Crippen LogP) is 17.1. The molecule has 0 saturated carbocycles. The first-order chi connectivity index (χ1) is 35.7. The molecule has 72 heavy (non-hydrogen) atoms. The molecule has 3 heterocycles. The molecule has 1 aliphatic heterocycles. The summed E-state index contributed by atoms with van der Waals surface area (Å²) in [5.41, 5.74) is 22.1. The zero-order chi connectivity index (χ0) is 47.1. The number of furan rings is 1. The second-order valence-electron chi connectivity index (χ2n) is 20.1. The number of thiophene rings is 1. The molecule has 1 spiro atoms. The number of aliphatic imine (C=N–C) groups is 2. The molecule has 0 bridgehead atoms. The van der Waals surface area contributed by atoms with Crippen LogP contribution in [0.4, 0.5) is 0 Å². The fourth-order valence-corrected chi connectivity index (χ4v) is 14.5. The number of hydrogen-bond acceptors (Lipinski definition) is 5. The molecule has 0 saturated heterocycles. The zero-order valence-electron chi connectivity index (χ0n) is 39.3. The molecule has 5 aliphatic rings. The smallest absolute Gasteiger partial charge is 0.169 e. The van der Waals surface area contributed by atoms with Crippen molar-refractivity contribution in [1.82, 2.24) is 5.32 Å². The lowest BCUT2D eigenvalue weighted by Crippen LogP contribution is -2.35. The molecule has 4 nitrogen and oxygen atoms in total. The van der Waals surface area contributed by atoms with Crippen molar-refractivity contribution in [3.05, 3.63) is 256 Å². The molecule has 0 radical (unpaired) electrons. The van der Waals surface area contributed by atoms with E-state index in [1.165, 1.54) is 92.5 Å². The van der Waals surface area contributed by atoms with E-state index in [1.807, 2.05) is 11.3 Å². The van der Waals surface area contributed by atoms with Crippen molar-refractivity contribution < 1.29 is 4.42 Å². The van der Waals surface area contributed by atoms with E-state index in [2.05, 4.69) is 212 Å². The van der Waals surface area contributed by atoms with Crippen molar-refractivity contribution in [1.29, 1.82) is 0 Å². The van der Waals surface area contributed by atoms with Gasteiger partial charge < -0.3 is 9.73 Å². The molecule has 11 aromatic rings. The molecule has 0 amide bonds. The average Bonchev–Trinajstić information content (AvgIpc) is 4.24. The summed E-state index contributed by atoms with van der Waals surface area (Å²) in [6.07, 6.45) is 10.1. The van der Waals surface area contributed by atoms with Crippen LogP contribution in [0.3, 0.4) is 0 Å². The quantitative estimate of drug-likeness (QED) is 0.181. The summed E-state index contributed by atoms with van der Waals surface area (Å²) >= 11 is 1.84. The standard InChI is InChI=1S/C67H45N3OS/c1-2-16-39(17-3-1)41-24-14-25-49-48-33-32-40(36-59(48)71-64(41)49)65-68-62(69-66(70-65)51-26-15-31-61-63(51)50-23-9-13-30-60(50)72-61)35-34-44-42-18-4-5-19-43(42)53-38-58-54(37-52(44)53)47-22-8-12-29-57(47)67(58)55-27-10-6-20-45(55)46-21-7-11-28-56(46)67/h2,4-33,36-38,44,65H,1,3,34-35H2,(H,68,69,70). The fraction of sp³-hybridized carbons (Fsp3) is 0.104. The van der Waals surface area contributed by atoms with Gasteiger partial charge in [0.1, 0.15) is 22.8 Å². The van der Waals surface area contributed by atoms with E-state index in [9.17, 15) is 0 Å². The van der Waals surface area contributed by atoms with Gasteiger partial charge in [0.05, 0.1) is 5.41 Å². The third-order valence-electron chi connectivity index (χ3n) is 16.4. The van der Waals surface area contributed by atoms with Crippen LogP contribution >= 0.6 is 11.3 Å². The van der Waals surface area contributed by atoms with E-state index in [-0.39, 0.29) is 11.3 Å². The van der Waals surface area contributed by atoms with E-state index >= 15 is 0 Å². The first-order valence-electron chi connectivity index (χ1n) is 25.4. The molecule has 0 fully saturated rings. The third kappa shape index (κ3) is 5.63. The van der Waals surface area contributed by atoms with E-state index in [0.29, 0.717) is 0 Å². The molecule has 2 unspecified atom stereocenters. The Morgan fingerprint density at radius 3 is 2.01 bits per heavy atom. The van der Waals surface area contributed by atoms with Crippen LogP contribution in [0.5, 0.6) is 0 Å². The lowest BCUT2D eigenvalue weighted by molar-refractivity contribution is 0.663. The predicted molar refractivity (Wildman–Crippen MR) is 299 cm³/mol. The van der Waals surface area contributed by atoms with Crippen molar-refractivity contribution >= 4 is 70.7 Å². The lowest BCUT2D eigenvalue weighted by atomic mass is 9.70. The fourth-order valence-electron chi connectivity index (χ4n) is 13.4. The van der Waals surface area contributed by atoms with Gasteiger partial charge in [0.15, 0.2) is 6.17 Å². The number of nitrogens with zero attached hydrogens (tertiary/aromatic N) is 2. The monoisotopic (exact) mass is 939 g/mol. The number of nitrogens with one attached hydrogen (secondary N) is 1. The topological polar surface area (TPSA) is 49.9 Å². The van der Waals surface area contributed by atoms with Crippen molar-refractivity contribution in [3.8, 4) is 33.4 Å². The van der Waals surface area contributed by atoms with Crippen LogP contribution in [0.25, 0.3) is 81.1 Å². The summed E-state index contributed by atoms with van der Waals surface area (Å²) in [5, 5.41) is 8.58. The summed E-state index contributed by atoms with van der Waals surface area (Å²) in [6.45, 7) is 0. The van der Waals surface area contributed by atoms with E-state index < -0.39 is 6.17 Å². The summed E-state index contributed by atoms with van der Waals surface area (Å²) in [6, 6.07) is 70.1. The second-order valence-corrected chi connectivity index (χ2v) is 21.1. The third-order valence-corrected chi connectivity index (χ3v) is 17.6. The average molecular weight is 940 g/mol. The minimum Gasteiger partial charge on any atom is -0.455 e. The van der Waals surface area contributed by atoms with Gasteiger partial charge in [-0.25, -0.2) is 9.98 Å². The number of amidine groups is 2. The van der Waals surface area contributed by atoms with Gasteiger partial charge in [-0.3, -0.25) is 0 Å². The summed E-state index contributed by atoms with van der Waals surface area (Å²) in [5.74, 6) is 1.98. The minimum absolute atomic E-state index is 0.179. The Morgan fingerprint density at radius 1 is 0.528 bits per heavy atom. The zero-order valence-corrected chi connectivity index (χ0v) is 40.1. The van der Waals surface area contributed by atoms with Crippen LogP contribution in [0.15, 0.2) is 221 Å². The maximum absolute atomic E-state index is 6.82. The largest absolute Gasteiger partial charge is 0.455 e. The molecular weight excluding hydrogens is 895 g/mol. The molecule has 16 rings (SSSR count). The van der Waals surface area contributed by atoms with E-state index in [1.54, 1.807) is 0 Å². The molecule has 5 heteroatoms. The highest BCUT2D eigenvalue weighted by atomic mass is 32.1. The van der Waals surface area contributed by atoms with Gasteiger partial charge in [-0.05, 0) is 122 Å². The number of fused-ring (bicyclic) bond motifs is 19. The van der Waals surface area contributed by atoms with Crippen LogP contribution in [0.2, 0.25) is 0 Å². The van der Waals surface area contributed by atoms with Gasteiger partial charge in [-0.15, -0.1) is 11.3 Å². The Kier molecular flexibility index (Phi) is 8.58. The lowest BCUT2D eigenvalue weighted by Gasteiger charge is -2.30. The molecule has 1 N–H and O–H groups in total. The molecular formula is C67H45N3OS. The normalized spacial score (nSPS) is 17.6. The number of benzene rings is 9. The summed E-state index contributed by atoms with van der Waals surface area (Å²) in [7, 11) is 0. The van der Waals surface area contributed by atoms with Crippen LogP contribution in [-0.2, 0) is 5.41 Å². The molecule has 4 aliphatic carbocycles. The van der Waals surface area contributed by atoms with Gasteiger partial charge in [0.2, 0.25) is 0 Å². The summed E-state index contributed by atoms with van der Waals surface area (Å²) < 4.78 is 9.34. The Hall–Kier alpha value is -8.38. The van der Waals surface area contributed by atoms with Crippen LogP contribution in [-0.4, -0.2) is 11.7 Å². The highest BCUT2D eigenvalue weighted by molar-refractivity contribution is 7.25. The first kappa shape index (κ1) is 40.4. The van der Waals surface area contributed by atoms with Crippen LogP contribution in [0.1, 0.15) is 87.8 Å². The summed E-state index contributed by atoms with van der Waals surface area (Å²) in [4.78, 5) is 11.0. The number of para-hydroxylation sites is 1. The van der Waals surface area contributed by atoms with Crippen LogP contribution < -0.4 is 5.32 Å². The van der Waals surface area contributed by atoms with E-state index in [4.69, 9.17) is 14.4 Å². The molecule has 2 aromatic heterocycles. The Balaban J connectivity index is 0.818. The highest BCUT2D eigenvalue weighted by Gasteiger charge is 2.52. The Labute approximate surface area is 421 Å². The van der Waals surface area contributed by atoms with Crippen LogP contribution in [0, 0.1) is 0 Å². The first-order valence-corrected chi connectivity index (χ1v) is 26.2. The van der Waals surface area contributed by atoms with Gasteiger partial charge in [-0.1, -0.05) is 176 Å².